The van der Waals surface area contributed by atoms with Gasteiger partial charge in [0, 0.05) is 4.47 Å². The molecular weight excluding hydrogens is 519 g/mol. The Bertz CT molecular complexity index is 1380. The molecule has 7 nitrogen and oxygen atoms in total. The van der Waals surface area contributed by atoms with E-state index in [0.717, 1.165) is 10.5 Å². The van der Waals surface area contributed by atoms with Gasteiger partial charge in [-0.3, -0.25) is 14.9 Å². The van der Waals surface area contributed by atoms with Gasteiger partial charge in [0.25, 0.3) is 11.8 Å². The van der Waals surface area contributed by atoms with Crippen molar-refractivity contribution in [2.45, 2.75) is 6.42 Å². The Morgan fingerprint density at radius 1 is 1.06 bits per heavy atom. The van der Waals surface area contributed by atoms with E-state index in [0.29, 0.717) is 22.0 Å². The van der Waals surface area contributed by atoms with Gasteiger partial charge in [-0.25, -0.2) is 18.9 Å². The molecule has 0 saturated carbocycles. The standard InChI is InChI=1S/C26H18BrFN2O5/c1-35-25(33)16-6-9-21(10-7-16)30-24(32)22(23(31)29-26(30)34)14-18-13-19(27)8-5-17(18)11-15-3-2-4-20(28)12-15/h2-10,12-14H,11H2,1H3,(H,29,31,34)/b22-14+. The SMILES string of the molecule is COC(=O)c1ccc(N2C(=O)NC(=O)/C(=C\c3cc(Br)ccc3Cc3cccc(F)c3)C2=O)cc1. The maximum atomic E-state index is 13.7. The van der Waals surface area contributed by atoms with Crippen LogP contribution in [0.5, 0.6) is 0 Å². The number of anilines is 1. The lowest BCUT2D eigenvalue weighted by Gasteiger charge is -2.26. The first-order valence-corrected chi connectivity index (χ1v) is 11.2. The first kappa shape index (κ1) is 24.0. The zero-order valence-electron chi connectivity index (χ0n) is 18.4. The molecule has 9 heteroatoms. The number of halogens is 2. The van der Waals surface area contributed by atoms with E-state index in [1.165, 1.54) is 49.6 Å². The smallest absolute Gasteiger partial charge is 0.337 e. The summed E-state index contributed by atoms with van der Waals surface area (Å²) in [6, 6.07) is 16.2. The number of urea groups is 1. The van der Waals surface area contributed by atoms with Gasteiger partial charge in [-0.15, -0.1) is 0 Å². The fourth-order valence-corrected chi connectivity index (χ4v) is 4.02. The Kier molecular flexibility index (Phi) is 6.88. The van der Waals surface area contributed by atoms with E-state index in [2.05, 4.69) is 26.0 Å². The molecule has 0 aromatic heterocycles. The predicted molar refractivity (Wildman–Crippen MR) is 130 cm³/mol. The zero-order chi connectivity index (χ0) is 25.1. The molecule has 1 aliphatic rings. The monoisotopic (exact) mass is 536 g/mol. The molecule has 1 saturated heterocycles. The van der Waals surface area contributed by atoms with Crippen LogP contribution in [0.15, 0.2) is 76.8 Å². The molecule has 1 aliphatic heterocycles. The molecule has 0 radical (unpaired) electrons. The number of nitrogens with zero attached hydrogens (tertiary/aromatic N) is 1. The van der Waals surface area contributed by atoms with Gasteiger partial charge in [0.2, 0.25) is 0 Å². The Morgan fingerprint density at radius 2 is 1.80 bits per heavy atom. The number of carbonyl (C=O) groups excluding carboxylic acids is 4. The maximum Gasteiger partial charge on any atom is 0.337 e. The van der Waals surface area contributed by atoms with Crippen molar-refractivity contribution in [1.29, 1.82) is 0 Å². The van der Waals surface area contributed by atoms with Crippen LogP contribution in [0.4, 0.5) is 14.9 Å². The van der Waals surface area contributed by atoms with Crippen LogP contribution in [0.2, 0.25) is 0 Å². The number of nitrogens with one attached hydrogen (secondary N) is 1. The van der Waals surface area contributed by atoms with Crippen molar-refractivity contribution in [3.8, 4) is 0 Å². The van der Waals surface area contributed by atoms with Crippen LogP contribution in [0, 0.1) is 5.82 Å². The van der Waals surface area contributed by atoms with Gasteiger partial charge in [-0.2, -0.15) is 0 Å². The minimum absolute atomic E-state index is 0.174. The summed E-state index contributed by atoms with van der Waals surface area (Å²) in [6.45, 7) is 0. The second-order valence-corrected chi connectivity index (χ2v) is 8.56. The minimum atomic E-state index is -0.905. The molecule has 3 aromatic carbocycles. The summed E-state index contributed by atoms with van der Waals surface area (Å²) >= 11 is 3.39. The van der Waals surface area contributed by atoms with Crippen LogP contribution in [0.25, 0.3) is 6.08 Å². The van der Waals surface area contributed by atoms with Crippen molar-refractivity contribution >= 4 is 51.5 Å². The lowest BCUT2D eigenvalue weighted by atomic mass is 9.97. The van der Waals surface area contributed by atoms with E-state index < -0.39 is 23.8 Å². The number of hydrogen-bond donors (Lipinski definition) is 1. The highest BCUT2D eigenvalue weighted by Gasteiger charge is 2.37. The Morgan fingerprint density at radius 3 is 2.49 bits per heavy atom. The van der Waals surface area contributed by atoms with Crippen molar-refractivity contribution in [2.24, 2.45) is 0 Å². The van der Waals surface area contributed by atoms with Crippen LogP contribution in [0.3, 0.4) is 0 Å². The van der Waals surface area contributed by atoms with E-state index in [1.54, 1.807) is 30.3 Å². The van der Waals surface area contributed by atoms with Gasteiger partial charge in [-0.1, -0.05) is 34.1 Å². The van der Waals surface area contributed by atoms with Crippen LogP contribution in [0.1, 0.15) is 27.0 Å². The normalized spacial score (nSPS) is 14.8. The molecule has 1 N–H and O–H groups in total. The lowest BCUT2D eigenvalue weighted by molar-refractivity contribution is -0.122. The number of imide groups is 2. The summed E-state index contributed by atoms with van der Waals surface area (Å²) in [7, 11) is 1.24. The van der Waals surface area contributed by atoms with E-state index in [-0.39, 0.29) is 22.6 Å². The van der Waals surface area contributed by atoms with Crippen molar-refractivity contribution < 1.29 is 28.3 Å². The fraction of sp³-hybridized carbons (Fsp3) is 0.0769. The number of hydrogen-bond acceptors (Lipinski definition) is 5. The molecule has 1 fully saturated rings. The molecule has 0 atom stereocenters. The average molecular weight is 537 g/mol. The third kappa shape index (κ3) is 5.20. The quantitative estimate of drug-likeness (QED) is 0.291. The highest BCUT2D eigenvalue weighted by Crippen LogP contribution is 2.26. The van der Waals surface area contributed by atoms with E-state index in [4.69, 9.17) is 0 Å². The lowest BCUT2D eigenvalue weighted by Crippen LogP contribution is -2.54. The molecule has 0 bridgehead atoms. The van der Waals surface area contributed by atoms with E-state index >= 15 is 0 Å². The number of amides is 4. The summed E-state index contributed by atoms with van der Waals surface area (Å²) in [5.41, 5.74) is 2.18. The first-order valence-electron chi connectivity index (χ1n) is 10.4. The molecule has 1 heterocycles. The number of barbiturate groups is 1. The molecule has 176 valence electrons. The van der Waals surface area contributed by atoms with Crippen molar-refractivity contribution in [3.05, 3.63) is 105 Å². The topological polar surface area (TPSA) is 92.8 Å². The van der Waals surface area contributed by atoms with Gasteiger partial charge < -0.3 is 4.74 Å². The fourth-order valence-electron chi connectivity index (χ4n) is 3.64. The molecular formula is C26H18BrFN2O5. The summed E-state index contributed by atoms with van der Waals surface area (Å²) in [4.78, 5) is 50.8. The molecule has 3 aromatic rings. The zero-order valence-corrected chi connectivity index (χ0v) is 20.0. The second kappa shape index (κ2) is 10.0. The maximum absolute atomic E-state index is 13.7. The van der Waals surface area contributed by atoms with Crippen molar-refractivity contribution in [3.63, 3.8) is 0 Å². The third-order valence-corrected chi connectivity index (χ3v) is 5.83. The highest BCUT2D eigenvalue weighted by atomic mass is 79.9. The summed E-state index contributed by atoms with van der Waals surface area (Å²) in [6.07, 6.45) is 1.76. The number of methoxy groups -OCH3 is 1. The van der Waals surface area contributed by atoms with Crippen LogP contribution in [-0.4, -0.2) is 30.9 Å². The molecule has 35 heavy (non-hydrogen) atoms. The summed E-state index contributed by atoms with van der Waals surface area (Å²) in [5, 5.41) is 2.17. The predicted octanol–water partition coefficient (Wildman–Crippen LogP) is 4.63. The Balaban J connectivity index is 1.70. The molecule has 0 unspecified atom stereocenters. The second-order valence-electron chi connectivity index (χ2n) is 7.65. The van der Waals surface area contributed by atoms with Crippen molar-refractivity contribution in [2.75, 3.05) is 12.0 Å². The van der Waals surface area contributed by atoms with Crippen LogP contribution >= 0.6 is 15.9 Å². The average Bonchev–Trinajstić information content (AvgIpc) is 2.83. The molecule has 0 spiro atoms. The van der Waals surface area contributed by atoms with E-state index in [1.807, 2.05) is 0 Å². The number of carbonyl (C=O) groups is 4. The van der Waals surface area contributed by atoms with Gasteiger partial charge >= 0.3 is 12.0 Å². The number of benzene rings is 3. The number of rotatable bonds is 5. The molecule has 4 amide bonds. The highest BCUT2D eigenvalue weighted by molar-refractivity contribution is 9.10. The van der Waals surface area contributed by atoms with Gasteiger partial charge in [-0.05, 0) is 77.7 Å². The summed E-state index contributed by atoms with van der Waals surface area (Å²) < 4.78 is 19.0. The van der Waals surface area contributed by atoms with Gasteiger partial charge in [0.1, 0.15) is 11.4 Å². The van der Waals surface area contributed by atoms with Gasteiger partial charge in [0.15, 0.2) is 0 Å². The largest absolute Gasteiger partial charge is 0.465 e. The minimum Gasteiger partial charge on any atom is -0.465 e. The Labute approximate surface area is 208 Å². The molecule has 4 rings (SSSR count). The van der Waals surface area contributed by atoms with Crippen molar-refractivity contribution in [1.82, 2.24) is 5.32 Å². The summed E-state index contributed by atoms with van der Waals surface area (Å²) in [5.74, 6) is -2.59. The number of ether oxygens (including phenoxy) is 1. The third-order valence-electron chi connectivity index (χ3n) is 5.34. The van der Waals surface area contributed by atoms with Gasteiger partial charge in [0.05, 0.1) is 18.4 Å². The Hall–Kier alpha value is -4.11. The number of esters is 1. The molecule has 0 aliphatic carbocycles. The first-order chi connectivity index (χ1) is 16.8. The van der Waals surface area contributed by atoms with Crippen LogP contribution in [-0.2, 0) is 20.7 Å². The van der Waals surface area contributed by atoms with Crippen LogP contribution < -0.4 is 10.2 Å². The van der Waals surface area contributed by atoms with E-state index in [9.17, 15) is 23.6 Å².